The molecule has 1 aromatic heterocycles. The number of fused-ring (bicyclic) bond motifs is 1. The van der Waals surface area contributed by atoms with Crippen molar-refractivity contribution >= 4 is 22.9 Å². The fourth-order valence-electron chi connectivity index (χ4n) is 3.93. The van der Waals surface area contributed by atoms with Crippen LogP contribution in [0.1, 0.15) is 12.0 Å². The maximum atomic E-state index is 12.3. The number of hydrogen-bond donors (Lipinski definition) is 1. The van der Waals surface area contributed by atoms with Gasteiger partial charge in [0.25, 0.3) is 0 Å². The molecule has 3 aromatic rings. The highest BCUT2D eigenvalue weighted by atomic mass is 16.5. The van der Waals surface area contributed by atoms with Gasteiger partial charge >= 0.3 is 11.8 Å². The number of ether oxygens (including phenoxy) is 2. The molecule has 0 saturated carbocycles. The van der Waals surface area contributed by atoms with Crippen molar-refractivity contribution in [3.05, 3.63) is 58.6 Å². The minimum Gasteiger partial charge on any atom is -0.497 e. The number of anilines is 1. The summed E-state index contributed by atoms with van der Waals surface area (Å²) < 4.78 is 17.5. The van der Waals surface area contributed by atoms with E-state index >= 15 is 0 Å². The molecule has 0 unspecified atom stereocenters. The molecule has 0 aliphatic carbocycles. The van der Waals surface area contributed by atoms with Crippen LogP contribution in [0, 0.1) is 0 Å². The molecule has 1 aliphatic heterocycles. The molecule has 0 spiro atoms. The lowest BCUT2D eigenvalue weighted by atomic mass is 10.2. The predicted octanol–water partition coefficient (Wildman–Crippen LogP) is 2.84. The molecule has 1 fully saturated rings. The van der Waals surface area contributed by atoms with E-state index in [0.717, 1.165) is 44.7 Å². The Morgan fingerprint density at radius 3 is 2.73 bits per heavy atom. The van der Waals surface area contributed by atoms with Crippen LogP contribution in [0.5, 0.6) is 5.75 Å². The van der Waals surface area contributed by atoms with Crippen LogP contribution in [0.4, 0.5) is 10.5 Å². The highest BCUT2D eigenvalue weighted by Crippen LogP contribution is 2.21. The molecule has 0 radical (unpaired) electrons. The molecule has 9 heteroatoms. The van der Waals surface area contributed by atoms with Gasteiger partial charge < -0.3 is 23.7 Å². The van der Waals surface area contributed by atoms with E-state index in [2.05, 4.69) is 22.2 Å². The van der Waals surface area contributed by atoms with Crippen LogP contribution in [-0.2, 0) is 11.3 Å². The SMILES string of the molecule is COc1ccc2oc(=O)n(Cc3cccc(NC(=O)OCCCN4CCN(C)CC4)c3)c2c1. The third kappa shape index (κ3) is 5.94. The van der Waals surface area contributed by atoms with Crippen molar-refractivity contribution in [3.8, 4) is 5.75 Å². The second kappa shape index (κ2) is 10.5. The average Bonchev–Trinajstić information content (AvgIpc) is 3.12. The van der Waals surface area contributed by atoms with Crippen molar-refractivity contribution in [3.63, 3.8) is 0 Å². The van der Waals surface area contributed by atoms with Crippen molar-refractivity contribution in [1.29, 1.82) is 0 Å². The Balaban J connectivity index is 1.31. The number of piperazine rings is 1. The number of carbonyl (C=O) groups is 1. The van der Waals surface area contributed by atoms with Gasteiger partial charge in [-0.15, -0.1) is 0 Å². The molecule has 0 atom stereocenters. The maximum Gasteiger partial charge on any atom is 0.420 e. The number of nitrogens with one attached hydrogen (secondary N) is 1. The van der Waals surface area contributed by atoms with Crippen molar-refractivity contribution in [2.45, 2.75) is 13.0 Å². The number of methoxy groups -OCH3 is 1. The van der Waals surface area contributed by atoms with Gasteiger partial charge in [-0.3, -0.25) is 9.88 Å². The lowest BCUT2D eigenvalue weighted by Crippen LogP contribution is -2.44. The van der Waals surface area contributed by atoms with Gasteiger partial charge in [-0.25, -0.2) is 9.59 Å². The number of aromatic nitrogens is 1. The van der Waals surface area contributed by atoms with Gasteiger partial charge in [-0.1, -0.05) is 12.1 Å². The topological polar surface area (TPSA) is 89.2 Å². The van der Waals surface area contributed by atoms with Gasteiger partial charge in [0.15, 0.2) is 5.58 Å². The molecule has 1 saturated heterocycles. The van der Waals surface area contributed by atoms with Gasteiger partial charge in [0.1, 0.15) is 5.75 Å². The number of oxazole rings is 1. The fourth-order valence-corrected chi connectivity index (χ4v) is 3.93. The van der Waals surface area contributed by atoms with E-state index in [0.29, 0.717) is 35.7 Å². The molecule has 4 rings (SSSR count). The third-order valence-electron chi connectivity index (χ3n) is 5.84. The Morgan fingerprint density at radius 2 is 1.94 bits per heavy atom. The maximum absolute atomic E-state index is 12.3. The smallest absolute Gasteiger partial charge is 0.420 e. The van der Waals surface area contributed by atoms with Gasteiger partial charge in [-0.2, -0.15) is 0 Å². The number of hydrogen-bond acceptors (Lipinski definition) is 7. The number of carbonyl (C=O) groups excluding carboxylic acids is 1. The van der Waals surface area contributed by atoms with Crippen LogP contribution in [0.25, 0.3) is 11.1 Å². The Labute approximate surface area is 192 Å². The first kappa shape index (κ1) is 22.9. The van der Waals surface area contributed by atoms with Crippen molar-refractivity contribution in [2.24, 2.45) is 0 Å². The highest BCUT2D eigenvalue weighted by Gasteiger charge is 2.14. The summed E-state index contributed by atoms with van der Waals surface area (Å²) in [5.74, 6) is 0.194. The molecule has 1 amide bonds. The van der Waals surface area contributed by atoms with E-state index in [1.54, 1.807) is 31.4 Å². The summed E-state index contributed by atoms with van der Waals surface area (Å²) in [4.78, 5) is 29.2. The molecular formula is C24H30N4O5. The van der Waals surface area contributed by atoms with Crippen molar-refractivity contribution < 1.29 is 18.7 Å². The van der Waals surface area contributed by atoms with Gasteiger partial charge in [0.05, 0.1) is 25.8 Å². The summed E-state index contributed by atoms with van der Waals surface area (Å²) in [6.07, 6.45) is 0.318. The molecule has 33 heavy (non-hydrogen) atoms. The second-order valence-electron chi connectivity index (χ2n) is 8.25. The number of rotatable bonds is 8. The van der Waals surface area contributed by atoms with Gasteiger partial charge in [0, 0.05) is 44.5 Å². The van der Waals surface area contributed by atoms with Gasteiger partial charge in [0.2, 0.25) is 0 Å². The Hall–Kier alpha value is -3.30. The minimum atomic E-state index is -0.485. The molecule has 9 nitrogen and oxygen atoms in total. The normalized spacial score (nSPS) is 15.0. The van der Waals surface area contributed by atoms with E-state index in [1.165, 1.54) is 4.57 Å². The lowest BCUT2D eigenvalue weighted by Gasteiger charge is -2.32. The quantitative estimate of drug-likeness (QED) is 0.524. The van der Waals surface area contributed by atoms with E-state index in [4.69, 9.17) is 13.9 Å². The summed E-state index contributed by atoms with van der Waals surface area (Å²) in [5.41, 5.74) is 2.60. The van der Waals surface area contributed by atoms with Crippen molar-refractivity contribution in [2.75, 3.05) is 58.8 Å². The largest absolute Gasteiger partial charge is 0.497 e. The zero-order valence-electron chi connectivity index (χ0n) is 19.1. The predicted molar refractivity (Wildman–Crippen MR) is 126 cm³/mol. The summed E-state index contributed by atoms with van der Waals surface area (Å²) in [5, 5.41) is 2.76. The van der Waals surface area contributed by atoms with E-state index in [-0.39, 0.29) is 0 Å². The number of amides is 1. The number of benzene rings is 2. The molecule has 0 bridgehead atoms. The standard InChI is InChI=1S/C24H30N4O5/c1-26-10-12-27(13-11-26)9-4-14-32-23(29)25-19-6-3-5-18(15-19)17-28-21-16-20(31-2)7-8-22(21)33-24(28)30/h3,5-8,15-16H,4,9-14,17H2,1-2H3,(H,25,29). The molecule has 2 heterocycles. The van der Waals surface area contributed by atoms with Crippen LogP contribution in [0.3, 0.4) is 0 Å². The van der Waals surface area contributed by atoms with Crippen LogP contribution < -0.4 is 15.8 Å². The zero-order chi connectivity index (χ0) is 23.2. The van der Waals surface area contributed by atoms with E-state index in [1.807, 2.05) is 18.2 Å². The Morgan fingerprint density at radius 1 is 1.12 bits per heavy atom. The lowest BCUT2D eigenvalue weighted by molar-refractivity contribution is 0.130. The first-order valence-corrected chi connectivity index (χ1v) is 11.1. The van der Waals surface area contributed by atoms with Crippen LogP contribution in [0.15, 0.2) is 51.7 Å². The summed E-state index contributed by atoms with van der Waals surface area (Å²) in [6, 6.07) is 12.5. The third-order valence-corrected chi connectivity index (χ3v) is 5.84. The second-order valence-corrected chi connectivity index (χ2v) is 8.25. The summed E-state index contributed by atoms with van der Waals surface area (Å²) >= 11 is 0. The Kier molecular flexibility index (Phi) is 7.31. The molecule has 176 valence electrons. The first-order valence-electron chi connectivity index (χ1n) is 11.1. The van der Waals surface area contributed by atoms with Crippen LogP contribution >= 0.6 is 0 Å². The Bertz CT molecular complexity index is 1150. The first-order chi connectivity index (χ1) is 16.0. The van der Waals surface area contributed by atoms with E-state index < -0.39 is 11.8 Å². The monoisotopic (exact) mass is 454 g/mol. The molecule has 2 aromatic carbocycles. The summed E-state index contributed by atoms with van der Waals surface area (Å²) in [7, 11) is 3.71. The average molecular weight is 455 g/mol. The number of likely N-dealkylation sites (N-methyl/N-ethyl adjacent to an activating group) is 1. The van der Waals surface area contributed by atoms with E-state index in [9.17, 15) is 9.59 Å². The number of nitrogens with zero attached hydrogens (tertiary/aromatic N) is 3. The molecule has 1 aliphatic rings. The zero-order valence-corrected chi connectivity index (χ0v) is 19.1. The van der Waals surface area contributed by atoms with Crippen molar-refractivity contribution in [1.82, 2.24) is 14.4 Å². The fraction of sp³-hybridized carbons (Fsp3) is 0.417. The van der Waals surface area contributed by atoms with Crippen LogP contribution in [-0.4, -0.2) is 73.9 Å². The molecular weight excluding hydrogens is 424 g/mol. The highest BCUT2D eigenvalue weighted by molar-refractivity contribution is 5.84. The summed E-state index contributed by atoms with van der Waals surface area (Å²) in [6.45, 7) is 5.85. The van der Waals surface area contributed by atoms with Crippen LogP contribution in [0.2, 0.25) is 0 Å². The van der Waals surface area contributed by atoms with Gasteiger partial charge in [-0.05, 0) is 43.3 Å². The minimum absolute atomic E-state index is 0.300. The molecule has 1 N–H and O–H groups in total.